The van der Waals surface area contributed by atoms with Crippen LogP contribution in [0.4, 0.5) is 0 Å². The number of methoxy groups -OCH3 is 1. The molecule has 3 rings (SSSR count). The highest BCUT2D eigenvalue weighted by molar-refractivity contribution is 5.94. The predicted octanol–water partition coefficient (Wildman–Crippen LogP) is 2.52. The Hall–Kier alpha value is -2.21. The molecule has 0 unspecified atom stereocenters. The van der Waals surface area contributed by atoms with Gasteiger partial charge in [-0.1, -0.05) is 12.1 Å². The maximum absolute atomic E-state index is 12.9. The second-order valence-electron chi connectivity index (χ2n) is 6.33. The first-order valence-electron chi connectivity index (χ1n) is 8.35. The van der Waals surface area contributed by atoms with E-state index in [1.54, 1.807) is 7.11 Å². The molecular weight excluding hydrogens is 304 g/mol. The zero-order valence-electron chi connectivity index (χ0n) is 14.5. The lowest BCUT2D eigenvalue weighted by Gasteiger charge is -2.33. The van der Waals surface area contributed by atoms with Crippen LogP contribution in [-0.4, -0.2) is 45.8 Å². The number of hydrogen-bond donors (Lipinski definition) is 0. The van der Waals surface area contributed by atoms with Crippen molar-refractivity contribution >= 4 is 5.91 Å². The first kappa shape index (κ1) is 16.6. The summed E-state index contributed by atoms with van der Waals surface area (Å²) in [6, 6.07) is 7.87. The van der Waals surface area contributed by atoms with Crippen LogP contribution in [0.15, 0.2) is 24.3 Å². The standard InChI is InChI=1S/C18H24N4O2/c1-13-19-14(2)22(20-13)17-8-5-9-21(11-17)18(23)16-7-4-6-15(10-16)12-24-3/h4,6-7,10,17H,5,8-9,11-12H2,1-3H3/t17-/m1/s1. The summed E-state index contributed by atoms with van der Waals surface area (Å²) in [5.41, 5.74) is 1.73. The summed E-state index contributed by atoms with van der Waals surface area (Å²) in [6.07, 6.45) is 2.00. The van der Waals surface area contributed by atoms with E-state index in [1.807, 2.05) is 47.7 Å². The van der Waals surface area contributed by atoms with Crippen molar-refractivity contribution in [2.45, 2.75) is 39.3 Å². The number of nitrogens with zero attached hydrogens (tertiary/aromatic N) is 4. The molecule has 1 aliphatic rings. The van der Waals surface area contributed by atoms with E-state index in [0.717, 1.165) is 42.2 Å². The third-order valence-electron chi connectivity index (χ3n) is 4.42. The second-order valence-corrected chi connectivity index (χ2v) is 6.33. The van der Waals surface area contributed by atoms with Gasteiger partial charge in [-0.25, -0.2) is 9.67 Å². The molecule has 1 aromatic heterocycles. The van der Waals surface area contributed by atoms with E-state index < -0.39 is 0 Å². The first-order chi connectivity index (χ1) is 11.6. The molecule has 6 nitrogen and oxygen atoms in total. The molecule has 1 fully saturated rings. The zero-order valence-corrected chi connectivity index (χ0v) is 14.5. The number of aryl methyl sites for hydroxylation is 2. The van der Waals surface area contributed by atoms with Crippen LogP contribution in [0.25, 0.3) is 0 Å². The number of aromatic nitrogens is 3. The summed E-state index contributed by atoms with van der Waals surface area (Å²) in [7, 11) is 1.66. The number of carbonyl (C=O) groups excluding carboxylic acids is 1. The Balaban J connectivity index is 1.75. The van der Waals surface area contributed by atoms with Crippen LogP contribution < -0.4 is 0 Å². The molecule has 24 heavy (non-hydrogen) atoms. The molecule has 2 heterocycles. The summed E-state index contributed by atoms with van der Waals surface area (Å²) in [5.74, 6) is 1.77. The third kappa shape index (κ3) is 3.48. The van der Waals surface area contributed by atoms with Crippen LogP contribution >= 0.6 is 0 Å². The normalized spacial score (nSPS) is 18.0. The minimum absolute atomic E-state index is 0.0761. The van der Waals surface area contributed by atoms with Gasteiger partial charge in [0.05, 0.1) is 12.6 Å². The largest absolute Gasteiger partial charge is 0.380 e. The van der Waals surface area contributed by atoms with Crippen LogP contribution in [0.2, 0.25) is 0 Å². The molecule has 1 amide bonds. The maximum Gasteiger partial charge on any atom is 0.253 e. The van der Waals surface area contributed by atoms with Gasteiger partial charge in [0, 0.05) is 25.8 Å². The van der Waals surface area contributed by atoms with Crippen molar-refractivity contribution in [3.63, 3.8) is 0 Å². The Morgan fingerprint density at radius 3 is 2.92 bits per heavy atom. The van der Waals surface area contributed by atoms with E-state index in [2.05, 4.69) is 10.1 Å². The molecule has 0 N–H and O–H groups in total. The Kier molecular flexibility index (Phi) is 4.94. The molecule has 0 bridgehead atoms. The van der Waals surface area contributed by atoms with E-state index in [0.29, 0.717) is 13.2 Å². The van der Waals surface area contributed by atoms with Crippen molar-refractivity contribution in [3.8, 4) is 0 Å². The minimum Gasteiger partial charge on any atom is -0.380 e. The molecule has 6 heteroatoms. The molecule has 1 atom stereocenters. The lowest BCUT2D eigenvalue weighted by Crippen LogP contribution is -2.41. The highest BCUT2D eigenvalue weighted by atomic mass is 16.5. The number of hydrogen-bond acceptors (Lipinski definition) is 4. The molecule has 2 aromatic rings. The average molecular weight is 328 g/mol. The van der Waals surface area contributed by atoms with Gasteiger partial charge in [-0.15, -0.1) is 0 Å². The number of likely N-dealkylation sites (tertiary alicyclic amines) is 1. The number of carbonyl (C=O) groups is 1. The van der Waals surface area contributed by atoms with Gasteiger partial charge in [-0.05, 0) is 44.4 Å². The quantitative estimate of drug-likeness (QED) is 0.865. The average Bonchev–Trinajstić information content (AvgIpc) is 2.93. The van der Waals surface area contributed by atoms with E-state index >= 15 is 0 Å². The molecule has 0 spiro atoms. The predicted molar refractivity (Wildman–Crippen MR) is 90.8 cm³/mol. The highest BCUT2D eigenvalue weighted by Gasteiger charge is 2.27. The molecule has 0 saturated carbocycles. The van der Waals surface area contributed by atoms with E-state index in [1.165, 1.54) is 0 Å². The lowest BCUT2D eigenvalue weighted by atomic mass is 10.0. The minimum atomic E-state index is 0.0761. The Labute approximate surface area is 142 Å². The van der Waals surface area contributed by atoms with Gasteiger partial charge >= 0.3 is 0 Å². The van der Waals surface area contributed by atoms with Gasteiger partial charge in [-0.2, -0.15) is 5.10 Å². The fraction of sp³-hybridized carbons (Fsp3) is 0.500. The van der Waals surface area contributed by atoms with Crippen LogP contribution in [0.3, 0.4) is 0 Å². The Morgan fingerprint density at radius 1 is 1.38 bits per heavy atom. The van der Waals surface area contributed by atoms with Crippen molar-refractivity contribution in [3.05, 3.63) is 47.0 Å². The topological polar surface area (TPSA) is 60.2 Å². The number of rotatable bonds is 4. The van der Waals surface area contributed by atoms with Gasteiger partial charge < -0.3 is 9.64 Å². The Morgan fingerprint density at radius 2 is 2.21 bits per heavy atom. The lowest BCUT2D eigenvalue weighted by molar-refractivity contribution is 0.0671. The highest BCUT2D eigenvalue weighted by Crippen LogP contribution is 2.23. The molecule has 128 valence electrons. The van der Waals surface area contributed by atoms with E-state index in [-0.39, 0.29) is 11.9 Å². The molecule has 1 saturated heterocycles. The molecule has 1 aliphatic heterocycles. The molecule has 1 aromatic carbocycles. The van der Waals surface area contributed by atoms with Crippen molar-refractivity contribution in [1.82, 2.24) is 19.7 Å². The Bertz CT molecular complexity index is 726. The van der Waals surface area contributed by atoms with Crippen molar-refractivity contribution in [2.24, 2.45) is 0 Å². The zero-order chi connectivity index (χ0) is 17.1. The van der Waals surface area contributed by atoms with Crippen LogP contribution in [0.1, 0.15) is 46.5 Å². The smallest absolute Gasteiger partial charge is 0.253 e. The van der Waals surface area contributed by atoms with E-state index in [4.69, 9.17) is 4.74 Å². The third-order valence-corrected chi connectivity index (χ3v) is 4.42. The molecule has 0 radical (unpaired) electrons. The number of benzene rings is 1. The maximum atomic E-state index is 12.9. The monoisotopic (exact) mass is 328 g/mol. The summed E-state index contributed by atoms with van der Waals surface area (Å²) in [5, 5.41) is 4.49. The number of piperidine rings is 1. The second kappa shape index (κ2) is 7.13. The van der Waals surface area contributed by atoms with Crippen LogP contribution in [-0.2, 0) is 11.3 Å². The fourth-order valence-electron chi connectivity index (χ4n) is 3.36. The van der Waals surface area contributed by atoms with Gasteiger partial charge in [0.15, 0.2) is 0 Å². The number of amides is 1. The summed E-state index contributed by atoms with van der Waals surface area (Å²) in [6.45, 7) is 5.85. The number of ether oxygens (including phenoxy) is 1. The fourth-order valence-corrected chi connectivity index (χ4v) is 3.36. The van der Waals surface area contributed by atoms with Crippen molar-refractivity contribution in [1.29, 1.82) is 0 Å². The van der Waals surface area contributed by atoms with Crippen molar-refractivity contribution < 1.29 is 9.53 Å². The van der Waals surface area contributed by atoms with Crippen LogP contribution in [0.5, 0.6) is 0 Å². The van der Waals surface area contributed by atoms with Gasteiger partial charge in [-0.3, -0.25) is 4.79 Å². The summed E-state index contributed by atoms with van der Waals surface area (Å²) < 4.78 is 7.12. The van der Waals surface area contributed by atoms with Crippen LogP contribution in [0, 0.1) is 13.8 Å². The molecule has 0 aliphatic carbocycles. The van der Waals surface area contributed by atoms with E-state index in [9.17, 15) is 4.79 Å². The van der Waals surface area contributed by atoms with Crippen molar-refractivity contribution in [2.75, 3.05) is 20.2 Å². The van der Waals surface area contributed by atoms with Gasteiger partial charge in [0.25, 0.3) is 5.91 Å². The van der Waals surface area contributed by atoms with Gasteiger partial charge in [0.1, 0.15) is 11.6 Å². The SMILES string of the molecule is COCc1cccc(C(=O)N2CCC[C@@H](n3nc(C)nc3C)C2)c1. The summed E-state index contributed by atoms with van der Waals surface area (Å²) in [4.78, 5) is 19.2. The van der Waals surface area contributed by atoms with Gasteiger partial charge in [0.2, 0.25) is 0 Å². The molecular formula is C18H24N4O2. The first-order valence-corrected chi connectivity index (χ1v) is 8.35. The summed E-state index contributed by atoms with van der Waals surface area (Å²) >= 11 is 0.